The van der Waals surface area contributed by atoms with Crippen molar-refractivity contribution in [2.24, 2.45) is 0 Å². The van der Waals surface area contributed by atoms with Gasteiger partial charge in [-0.1, -0.05) is 78.4 Å². The number of nitrogens with zero attached hydrogens (tertiary/aromatic N) is 1. The Hall–Kier alpha value is -3.55. The highest BCUT2D eigenvalue weighted by atomic mass is 35.5. The summed E-state index contributed by atoms with van der Waals surface area (Å²) in [5.74, 6) is 0.0381. The van der Waals surface area contributed by atoms with Crippen molar-refractivity contribution in [2.45, 2.75) is 5.92 Å². The average Bonchev–Trinajstić information content (AvgIpc) is 3.10. The number of halogens is 1. The van der Waals surface area contributed by atoms with Gasteiger partial charge in [0.15, 0.2) is 0 Å². The normalized spacial score (nSPS) is 12.3. The number of fused-ring (bicyclic) bond motifs is 3. The van der Waals surface area contributed by atoms with Gasteiger partial charge in [0, 0.05) is 17.5 Å². The summed E-state index contributed by atoms with van der Waals surface area (Å²) in [7, 11) is 0. The van der Waals surface area contributed by atoms with Crippen LogP contribution in [0.5, 0.6) is 0 Å². The fraction of sp³-hybridized carbons (Fsp3) is 0.120. The average molecular weight is 415 g/mol. The molecular weight excluding hydrogens is 396 g/mol. The quantitative estimate of drug-likeness (QED) is 0.577. The number of benzene rings is 3. The molecule has 1 amide bonds. The van der Waals surface area contributed by atoms with Crippen LogP contribution in [0.1, 0.15) is 28.2 Å². The molecule has 0 atom stereocenters. The number of carbonyl (C=O) groups excluding carboxylic acids is 1. The van der Waals surface area contributed by atoms with Crippen molar-refractivity contribution >= 4 is 23.8 Å². The molecule has 0 radical (unpaired) electrons. The third-order valence-electron chi connectivity index (χ3n) is 5.13. The standard InChI is InChI=1S/C25H19ClN2O2/c26-24-14-17(15-27)11-12-18(24)6-5-13-28-25(29)30-16-23-21-9-3-1-7-19(21)20-8-2-4-10-22(20)23/h1-12,14,23H,13,16H2,(H,28,29). The van der Waals surface area contributed by atoms with Crippen LogP contribution in [0.3, 0.4) is 0 Å². The van der Waals surface area contributed by atoms with Gasteiger partial charge in [0.25, 0.3) is 0 Å². The molecule has 0 spiro atoms. The van der Waals surface area contributed by atoms with Crippen LogP contribution in [-0.2, 0) is 4.74 Å². The fourth-order valence-corrected chi connectivity index (χ4v) is 3.95. The van der Waals surface area contributed by atoms with Gasteiger partial charge in [-0.2, -0.15) is 5.26 Å². The van der Waals surface area contributed by atoms with Crippen LogP contribution in [0.15, 0.2) is 72.8 Å². The number of hydrogen-bond acceptors (Lipinski definition) is 3. The van der Waals surface area contributed by atoms with E-state index < -0.39 is 6.09 Å². The van der Waals surface area contributed by atoms with E-state index >= 15 is 0 Å². The van der Waals surface area contributed by atoms with Gasteiger partial charge in [0.1, 0.15) is 6.61 Å². The van der Waals surface area contributed by atoms with Crippen molar-refractivity contribution in [3.8, 4) is 17.2 Å². The molecule has 1 N–H and O–H groups in total. The van der Waals surface area contributed by atoms with Crippen LogP contribution in [0.4, 0.5) is 4.79 Å². The Morgan fingerprint density at radius 3 is 2.37 bits per heavy atom. The van der Waals surface area contributed by atoms with Crippen LogP contribution in [-0.4, -0.2) is 19.2 Å². The molecule has 0 bridgehead atoms. The molecule has 0 saturated carbocycles. The number of alkyl carbamates (subject to hydrolysis) is 1. The van der Waals surface area contributed by atoms with Gasteiger partial charge in [0.2, 0.25) is 0 Å². The molecule has 0 aliphatic heterocycles. The summed E-state index contributed by atoms with van der Waals surface area (Å²) in [5, 5.41) is 12.1. The maximum atomic E-state index is 12.2. The molecule has 0 aromatic heterocycles. The number of hydrogen-bond donors (Lipinski definition) is 1. The summed E-state index contributed by atoms with van der Waals surface area (Å²) in [4.78, 5) is 12.2. The minimum atomic E-state index is -0.465. The van der Waals surface area contributed by atoms with E-state index in [2.05, 4.69) is 29.6 Å². The first-order chi connectivity index (χ1) is 14.7. The Labute approximate surface area is 180 Å². The largest absolute Gasteiger partial charge is 0.449 e. The second kappa shape index (κ2) is 8.86. The Bertz CT molecular complexity index is 1120. The monoisotopic (exact) mass is 414 g/mol. The van der Waals surface area contributed by atoms with Crippen LogP contribution in [0.2, 0.25) is 5.02 Å². The Kier molecular flexibility index (Phi) is 5.83. The van der Waals surface area contributed by atoms with Gasteiger partial charge in [-0.15, -0.1) is 0 Å². The summed E-state index contributed by atoms with van der Waals surface area (Å²) in [6.07, 6.45) is 3.12. The summed E-state index contributed by atoms with van der Waals surface area (Å²) < 4.78 is 5.50. The van der Waals surface area contributed by atoms with Gasteiger partial charge in [-0.25, -0.2) is 4.79 Å². The highest BCUT2D eigenvalue weighted by Gasteiger charge is 2.28. The number of carbonyl (C=O) groups is 1. The third-order valence-corrected chi connectivity index (χ3v) is 5.46. The fourth-order valence-electron chi connectivity index (χ4n) is 3.71. The van der Waals surface area contributed by atoms with E-state index in [4.69, 9.17) is 21.6 Å². The zero-order chi connectivity index (χ0) is 20.9. The van der Waals surface area contributed by atoms with Gasteiger partial charge >= 0.3 is 6.09 Å². The lowest BCUT2D eigenvalue weighted by Gasteiger charge is -2.14. The van der Waals surface area contributed by atoms with Gasteiger partial charge in [0.05, 0.1) is 11.6 Å². The van der Waals surface area contributed by atoms with Crippen LogP contribution < -0.4 is 5.32 Å². The lowest BCUT2D eigenvalue weighted by atomic mass is 9.98. The first kappa shape index (κ1) is 19.8. The first-order valence-electron chi connectivity index (χ1n) is 9.62. The molecule has 3 aromatic rings. The second-order valence-corrected chi connectivity index (χ2v) is 7.36. The van der Waals surface area contributed by atoms with Crippen LogP contribution in [0, 0.1) is 11.3 Å². The molecule has 1 aliphatic rings. The topological polar surface area (TPSA) is 62.1 Å². The molecule has 1 aliphatic carbocycles. The highest BCUT2D eigenvalue weighted by Crippen LogP contribution is 2.44. The minimum absolute atomic E-state index is 0.0381. The predicted molar refractivity (Wildman–Crippen MR) is 118 cm³/mol. The van der Waals surface area contributed by atoms with Crippen molar-refractivity contribution in [3.63, 3.8) is 0 Å². The third kappa shape index (κ3) is 4.07. The second-order valence-electron chi connectivity index (χ2n) is 6.96. The van der Waals surface area contributed by atoms with Gasteiger partial charge < -0.3 is 10.1 Å². The molecule has 4 nitrogen and oxygen atoms in total. The van der Waals surface area contributed by atoms with Gasteiger partial charge in [-0.05, 0) is 39.9 Å². The van der Waals surface area contributed by atoms with E-state index in [1.165, 1.54) is 22.3 Å². The maximum absolute atomic E-state index is 12.2. The smallest absolute Gasteiger partial charge is 0.407 e. The Morgan fingerprint density at radius 1 is 1.07 bits per heavy atom. The lowest BCUT2D eigenvalue weighted by molar-refractivity contribution is 0.144. The summed E-state index contributed by atoms with van der Waals surface area (Å²) in [6.45, 7) is 0.595. The molecule has 3 aromatic carbocycles. The number of rotatable bonds is 5. The van der Waals surface area contributed by atoms with E-state index in [0.717, 1.165) is 5.56 Å². The maximum Gasteiger partial charge on any atom is 0.407 e. The van der Waals surface area contributed by atoms with Crippen LogP contribution in [0.25, 0.3) is 17.2 Å². The SMILES string of the molecule is N#Cc1ccc(C=CCNC(=O)OCC2c3ccccc3-c3ccccc32)c(Cl)c1. The van der Waals surface area contributed by atoms with Crippen molar-refractivity contribution in [3.05, 3.63) is 100 Å². The molecule has 4 rings (SSSR count). The molecule has 148 valence electrons. The lowest BCUT2D eigenvalue weighted by Crippen LogP contribution is -2.26. The van der Waals surface area contributed by atoms with E-state index in [9.17, 15) is 4.79 Å². The van der Waals surface area contributed by atoms with Gasteiger partial charge in [-0.3, -0.25) is 0 Å². The summed E-state index contributed by atoms with van der Waals surface area (Å²) >= 11 is 6.14. The van der Waals surface area contributed by atoms with Crippen molar-refractivity contribution in [2.75, 3.05) is 13.2 Å². The number of nitrogens with one attached hydrogen (secondary N) is 1. The zero-order valence-electron chi connectivity index (χ0n) is 16.1. The first-order valence-corrected chi connectivity index (χ1v) is 10.00. The Balaban J connectivity index is 1.33. The number of ether oxygens (including phenoxy) is 1. The van der Waals surface area contributed by atoms with Crippen molar-refractivity contribution in [1.82, 2.24) is 5.32 Å². The van der Waals surface area contributed by atoms with E-state index in [0.29, 0.717) is 17.1 Å². The zero-order valence-corrected chi connectivity index (χ0v) is 16.9. The highest BCUT2D eigenvalue weighted by molar-refractivity contribution is 6.32. The van der Waals surface area contributed by atoms with Crippen LogP contribution >= 0.6 is 11.6 Å². The molecule has 5 heteroatoms. The van der Waals surface area contributed by atoms with Crippen molar-refractivity contribution < 1.29 is 9.53 Å². The number of nitriles is 1. The predicted octanol–water partition coefficient (Wildman–Crippen LogP) is 5.76. The van der Waals surface area contributed by atoms with Crippen molar-refractivity contribution in [1.29, 1.82) is 5.26 Å². The van der Waals surface area contributed by atoms with E-state index in [-0.39, 0.29) is 12.5 Å². The number of amides is 1. The Morgan fingerprint density at radius 2 is 1.73 bits per heavy atom. The van der Waals surface area contributed by atoms with E-state index in [1.807, 2.05) is 30.3 Å². The molecular formula is C25H19ClN2O2. The minimum Gasteiger partial charge on any atom is -0.449 e. The molecule has 0 unspecified atom stereocenters. The molecule has 0 saturated heterocycles. The molecule has 0 fully saturated rings. The summed E-state index contributed by atoms with van der Waals surface area (Å²) in [5.41, 5.74) is 6.05. The summed E-state index contributed by atoms with van der Waals surface area (Å²) in [6, 6.07) is 23.6. The molecule has 30 heavy (non-hydrogen) atoms. The molecule has 0 heterocycles. The van der Waals surface area contributed by atoms with E-state index in [1.54, 1.807) is 30.4 Å².